The summed E-state index contributed by atoms with van der Waals surface area (Å²) < 4.78 is 0. The van der Waals surface area contributed by atoms with Crippen molar-refractivity contribution in [2.24, 2.45) is 29.1 Å². The summed E-state index contributed by atoms with van der Waals surface area (Å²) in [6, 6.07) is 5.41. The summed E-state index contributed by atoms with van der Waals surface area (Å²) in [4.78, 5) is 27.2. The van der Waals surface area contributed by atoms with Gasteiger partial charge in [0, 0.05) is 5.02 Å². The molecule has 2 saturated carbocycles. The van der Waals surface area contributed by atoms with Gasteiger partial charge in [0.05, 0.1) is 17.5 Å². The first-order chi connectivity index (χ1) is 10.5. The van der Waals surface area contributed by atoms with E-state index in [0.717, 1.165) is 5.56 Å². The maximum Gasteiger partial charge on any atom is 0.238 e. The molecule has 1 heterocycles. The van der Waals surface area contributed by atoms with Gasteiger partial charge in [0.25, 0.3) is 0 Å². The third kappa shape index (κ3) is 1.30. The normalized spacial score (nSPS) is 36.5. The highest BCUT2D eigenvalue weighted by atomic mass is 35.5. The highest BCUT2D eigenvalue weighted by Crippen LogP contribution is 2.73. The fraction of sp³-hybridized carbons (Fsp3) is 0.444. The van der Waals surface area contributed by atoms with Crippen LogP contribution < -0.4 is 4.90 Å². The number of carbonyl (C=O) groups is 2. The Morgan fingerprint density at radius 1 is 1.09 bits per heavy atom. The molecule has 4 heteroatoms. The van der Waals surface area contributed by atoms with Crippen LogP contribution in [-0.4, -0.2) is 11.8 Å². The topological polar surface area (TPSA) is 37.4 Å². The molecule has 0 aromatic heterocycles. The second kappa shape index (κ2) is 3.83. The molecule has 5 rings (SSSR count). The summed E-state index contributed by atoms with van der Waals surface area (Å²) in [6.07, 6.45) is 6.71. The minimum atomic E-state index is -0.148. The van der Waals surface area contributed by atoms with Crippen LogP contribution in [0.4, 0.5) is 5.69 Å². The molecule has 0 radical (unpaired) electrons. The smallest absolute Gasteiger partial charge is 0.238 e. The number of aryl methyl sites for hydroxylation is 1. The van der Waals surface area contributed by atoms with Crippen LogP contribution in [-0.2, 0) is 9.59 Å². The molecule has 1 aromatic carbocycles. The van der Waals surface area contributed by atoms with Crippen molar-refractivity contribution < 1.29 is 9.59 Å². The molecule has 2 amide bonds. The lowest BCUT2D eigenvalue weighted by Gasteiger charge is -2.22. The second-order valence-electron chi connectivity index (χ2n) is 7.17. The predicted molar refractivity (Wildman–Crippen MR) is 83.4 cm³/mol. The molecular formula is C18H16ClNO2. The number of benzene rings is 1. The lowest BCUT2D eigenvalue weighted by molar-refractivity contribution is -0.123. The van der Waals surface area contributed by atoms with Crippen LogP contribution in [0.3, 0.4) is 0 Å². The van der Waals surface area contributed by atoms with E-state index in [9.17, 15) is 9.59 Å². The van der Waals surface area contributed by atoms with E-state index < -0.39 is 0 Å². The number of hydrogen-bond donors (Lipinski definition) is 0. The Morgan fingerprint density at radius 3 is 2.18 bits per heavy atom. The van der Waals surface area contributed by atoms with Crippen molar-refractivity contribution in [2.75, 3.05) is 4.90 Å². The van der Waals surface area contributed by atoms with Gasteiger partial charge >= 0.3 is 0 Å². The Hall–Kier alpha value is -1.61. The fourth-order valence-electron chi connectivity index (χ4n) is 5.05. The van der Waals surface area contributed by atoms with Gasteiger partial charge in [0.2, 0.25) is 11.8 Å². The number of allylic oxidation sites excluding steroid dienone is 2. The molecule has 2 bridgehead atoms. The van der Waals surface area contributed by atoms with Crippen LogP contribution in [0.25, 0.3) is 0 Å². The average Bonchev–Trinajstić information content (AvgIpc) is 3.08. The number of anilines is 1. The van der Waals surface area contributed by atoms with Crippen molar-refractivity contribution in [1.29, 1.82) is 0 Å². The van der Waals surface area contributed by atoms with Gasteiger partial charge in [0.1, 0.15) is 0 Å². The summed E-state index contributed by atoms with van der Waals surface area (Å²) in [7, 11) is 0. The minimum Gasteiger partial charge on any atom is -0.274 e. The lowest BCUT2D eigenvalue weighted by Crippen LogP contribution is -2.34. The molecule has 0 N–H and O–H groups in total. The number of carbonyl (C=O) groups excluding carboxylic acids is 2. The molecule has 3 nitrogen and oxygen atoms in total. The third-order valence-electron chi connectivity index (χ3n) is 6.27. The van der Waals surface area contributed by atoms with Gasteiger partial charge in [-0.25, -0.2) is 4.90 Å². The summed E-state index contributed by atoms with van der Waals surface area (Å²) >= 11 is 6.17. The van der Waals surface area contributed by atoms with E-state index >= 15 is 0 Å². The fourth-order valence-corrected chi connectivity index (χ4v) is 5.23. The van der Waals surface area contributed by atoms with E-state index in [2.05, 4.69) is 12.2 Å². The van der Waals surface area contributed by atoms with Crippen molar-refractivity contribution in [1.82, 2.24) is 0 Å². The number of imide groups is 1. The summed E-state index contributed by atoms with van der Waals surface area (Å²) in [5.41, 5.74) is 1.81. The zero-order chi connectivity index (χ0) is 15.2. The number of halogens is 1. The maximum absolute atomic E-state index is 12.9. The Balaban J connectivity index is 1.57. The van der Waals surface area contributed by atoms with Crippen LogP contribution in [0, 0.1) is 36.0 Å². The zero-order valence-corrected chi connectivity index (χ0v) is 13.0. The molecule has 4 aliphatic rings. The molecule has 1 saturated heterocycles. The summed E-state index contributed by atoms with van der Waals surface area (Å²) in [5.74, 6) is 0.181. The van der Waals surface area contributed by atoms with Gasteiger partial charge in [-0.3, -0.25) is 9.59 Å². The molecule has 3 aliphatic carbocycles. The molecule has 1 aliphatic heterocycles. The number of rotatable bonds is 1. The molecule has 3 fully saturated rings. The predicted octanol–water partition coefficient (Wildman–Crippen LogP) is 3.35. The van der Waals surface area contributed by atoms with E-state index in [4.69, 9.17) is 11.6 Å². The minimum absolute atomic E-state index is 0.0296. The van der Waals surface area contributed by atoms with Gasteiger partial charge in [-0.2, -0.15) is 0 Å². The average molecular weight is 314 g/mol. The monoisotopic (exact) mass is 313 g/mol. The van der Waals surface area contributed by atoms with E-state index in [1.165, 1.54) is 17.7 Å². The first kappa shape index (κ1) is 12.9. The van der Waals surface area contributed by atoms with Crippen LogP contribution >= 0.6 is 11.6 Å². The van der Waals surface area contributed by atoms with Crippen LogP contribution in [0.5, 0.6) is 0 Å². The van der Waals surface area contributed by atoms with Crippen LogP contribution in [0.1, 0.15) is 18.4 Å². The van der Waals surface area contributed by atoms with Gasteiger partial charge in [0.15, 0.2) is 0 Å². The van der Waals surface area contributed by atoms with Gasteiger partial charge in [-0.05, 0) is 54.7 Å². The molecule has 22 heavy (non-hydrogen) atoms. The third-order valence-corrected chi connectivity index (χ3v) is 6.67. The zero-order valence-electron chi connectivity index (χ0n) is 12.3. The highest BCUT2D eigenvalue weighted by Gasteiger charge is 2.73. The summed E-state index contributed by atoms with van der Waals surface area (Å²) in [6.45, 7) is 1.91. The molecule has 0 unspecified atom stereocenters. The number of hydrogen-bond acceptors (Lipinski definition) is 2. The van der Waals surface area contributed by atoms with E-state index in [-0.39, 0.29) is 40.9 Å². The highest BCUT2D eigenvalue weighted by molar-refractivity contribution is 6.32. The Labute approximate surface area is 133 Å². The first-order valence-corrected chi connectivity index (χ1v) is 8.25. The molecule has 4 atom stereocenters. The quantitative estimate of drug-likeness (QED) is 0.589. The largest absolute Gasteiger partial charge is 0.274 e. The SMILES string of the molecule is Cc1ccc(N2C(=O)[C@@H]3[C@H](C2=O)[C@@H]2C=C[C@H]3C23CC3)cc1Cl. The maximum atomic E-state index is 12.9. The van der Waals surface area contributed by atoms with Gasteiger partial charge in [-0.15, -0.1) is 0 Å². The van der Waals surface area contributed by atoms with Crippen LogP contribution in [0.2, 0.25) is 5.02 Å². The summed E-state index contributed by atoms with van der Waals surface area (Å²) in [5, 5.41) is 0.593. The molecule has 1 aromatic rings. The van der Waals surface area contributed by atoms with Crippen molar-refractivity contribution in [3.8, 4) is 0 Å². The van der Waals surface area contributed by atoms with Crippen molar-refractivity contribution in [2.45, 2.75) is 19.8 Å². The molecule has 1 spiro atoms. The van der Waals surface area contributed by atoms with E-state index in [1.807, 2.05) is 19.1 Å². The molecular weight excluding hydrogens is 298 g/mol. The number of amides is 2. The second-order valence-corrected chi connectivity index (χ2v) is 7.57. The first-order valence-electron chi connectivity index (χ1n) is 7.87. The van der Waals surface area contributed by atoms with Crippen molar-refractivity contribution in [3.05, 3.63) is 40.9 Å². The van der Waals surface area contributed by atoms with Crippen molar-refractivity contribution in [3.63, 3.8) is 0 Å². The van der Waals surface area contributed by atoms with Crippen LogP contribution in [0.15, 0.2) is 30.4 Å². The lowest BCUT2D eigenvalue weighted by atomic mass is 9.85. The van der Waals surface area contributed by atoms with Gasteiger partial charge in [-0.1, -0.05) is 29.8 Å². The Morgan fingerprint density at radius 2 is 1.68 bits per heavy atom. The van der Waals surface area contributed by atoms with E-state index in [1.54, 1.807) is 6.07 Å². The number of nitrogens with zero attached hydrogens (tertiary/aromatic N) is 1. The van der Waals surface area contributed by atoms with E-state index in [0.29, 0.717) is 10.7 Å². The number of fused-ring (bicyclic) bond motifs is 3. The Bertz CT molecular complexity index is 730. The standard InChI is InChI=1S/C18H16ClNO2/c1-9-2-3-10(8-13(9)19)20-16(21)14-11-4-5-12(15(14)17(20)22)18(11)6-7-18/h2-5,8,11-12,14-15H,6-7H2,1H3/t11-,12+,14+,15-. The van der Waals surface area contributed by atoms with Gasteiger partial charge < -0.3 is 0 Å². The Kier molecular flexibility index (Phi) is 2.24. The van der Waals surface area contributed by atoms with Crippen molar-refractivity contribution >= 4 is 29.1 Å². The molecule has 112 valence electrons.